The van der Waals surface area contributed by atoms with Crippen LogP contribution in [0, 0.1) is 4.77 Å². The molecule has 0 saturated carbocycles. The van der Waals surface area contributed by atoms with E-state index in [0.29, 0.717) is 9.79 Å². The van der Waals surface area contributed by atoms with Crippen molar-refractivity contribution in [1.29, 1.82) is 0 Å². The van der Waals surface area contributed by atoms with Crippen LogP contribution < -0.4 is 4.74 Å². The first-order valence-electron chi connectivity index (χ1n) is 5.99. The summed E-state index contributed by atoms with van der Waals surface area (Å²) in [4.78, 5) is 3.09. The fourth-order valence-corrected chi connectivity index (χ4v) is 2.42. The van der Waals surface area contributed by atoms with Gasteiger partial charge in [-0.2, -0.15) is 0 Å². The summed E-state index contributed by atoms with van der Waals surface area (Å²) < 4.78 is 8.01. The van der Waals surface area contributed by atoms with Gasteiger partial charge in [0, 0.05) is 22.3 Å². The number of aromatic nitrogens is 2. The van der Waals surface area contributed by atoms with Gasteiger partial charge in [0.1, 0.15) is 5.75 Å². The Morgan fingerprint density at radius 2 is 2.00 bits per heavy atom. The largest absolute Gasteiger partial charge is 0.495 e. The van der Waals surface area contributed by atoms with Crippen LogP contribution in [-0.4, -0.2) is 16.7 Å². The maximum Gasteiger partial charge on any atom is 0.182 e. The Kier molecular flexibility index (Phi) is 3.74. The third-order valence-electron chi connectivity index (χ3n) is 2.93. The molecule has 2 aromatic rings. The average molecular weight is 297 g/mol. The lowest BCUT2D eigenvalue weighted by molar-refractivity contribution is 0.411. The van der Waals surface area contributed by atoms with E-state index in [4.69, 9.17) is 28.6 Å². The molecule has 102 valence electrons. The molecule has 0 spiro atoms. The third kappa shape index (κ3) is 2.69. The maximum atomic E-state index is 6.10. The highest BCUT2D eigenvalue weighted by atomic mass is 35.5. The van der Waals surface area contributed by atoms with Gasteiger partial charge in [-0.3, -0.25) is 4.57 Å². The predicted octanol–water partition coefficient (Wildman–Crippen LogP) is 4.49. The van der Waals surface area contributed by atoms with Gasteiger partial charge in [-0.25, -0.2) is 0 Å². The van der Waals surface area contributed by atoms with E-state index in [0.717, 1.165) is 17.1 Å². The molecule has 0 bridgehead atoms. The van der Waals surface area contributed by atoms with E-state index in [2.05, 4.69) is 25.8 Å². The number of aromatic amines is 1. The molecule has 0 aliphatic carbocycles. The van der Waals surface area contributed by atoms with Gasteiger partial charge in [0.15, 0.2) is 4.77 Å². The summed E-state index contributed by atoms with van der Waals surface area (Å²) in [6.07, 6.45) is 1.93. The lowest BCUT2D eigenvalue weighted by Gasteiger charge is -2.22. The molecule has 19 heavy (non-hydrogen) atoms. The van der Waals surface area contributed by atoms with Crippen molar-refractivity contribution in [3.05, 3.63) is 39.9 Å². The Morgan fingerprint density at radius 3 is 2.58 bits per heavy atom. The summed E-state index contributed by atoms with van der Waals surface area (Å²) in [6, 6.07) is 5.51. The van der Waals surface area contributed by atoms with Gasteiger partial charge in [0.25, 0.3) is 0 Å². The van der Waals surface area contributed by atoms with Crippen molar-refractivity contribution in [2.45, 2.75) is 26.2 Å². The minimum atomic E-state index is -0.0408. The first-order chi connectivity index (χ1) is 8.84. The highest BCUT2D eigenvalue weighted by Gasteiger charge is 2.21. The fraction of sp³-hybridized carbons (Fsp3) is 0.357. The van der Waals surface area contributed by atoms with Gasteiger partial charge in [0.05, 0.1) is 12.8 Å². The van der Waals surface area contributed by atoms with Gasteiger partial charge in [-0.1, -0.05) is 32.4 Å². The van der Waals surface area contributed by atoms with E-state index < -0.39 is 0 Å². The second-order valence-corrected chi connectivity index (χ2v) is 6.20. The van der Waals surface area contributed by atoms with Crippen LogP contribution in [0.2, 0.25) is 5.02 Å². The average Bonchev–Trinajstić information content (AvgIpc) is 2.70. The van der Waals surface area contributed by atoms with Gasteiger partial charge in [-0.05, 0) is 30.4 Å². The van der Waals surface area contributed by atoms with Crippen LogP contribution in [0.5, 0.6) is 5.75 Å². The number of H-pyrrole nitrogens is 1. The minimum absolute atomic E-state index is 0.0408. The van der Waals surface area contributed by atoms with Crippen molar-refractivity contribution < 1.29 is 4.74 Å². The molecule has 1 aromatic carbocycles. The van der Waals surface area contributed by atoms with Gasteiger partial charge in [0.2, 0.25) is 0 Å². The molecule has 0 unspecified atom stereocenters. The molecule has 2 rings (SSSR count). The van der Waals surface area contributed by atoms with E-state index in [1.807, 2.05) is 22.9 Å². The zero-order valence-electron chi connectivity index (χ0n) is 11.5. The van der Waals surface area contributed by atoms with Crippen LogP contribution in [0.3, 0.4) is 0 Å². The molecule has 0 saturated heterocycles. The van der Waals surface area contributed by atoms with Crippen LogP contribution in [0.1, 0.15) is 26.5 Å². The van der Waals surface area contributed by atoms with Crippen molar-refractivity contribution in [3.63, 3.8) is 0 Å². The van der Waals surface area contributed by atoms with Crippen LogP contribution in [0.4, 0.5) is 0 Å². The zero-order valence-corrected chi connectivity index (χ0v) is 13.0. The van der Waals surface area contributed by atoms with E-state index in [1.165, 1.54) is 0 Å². The number of ether oxygens (including phenoxy) is 1. The molecule has 1 heterocycles. The molecule has 0 radical (unpaired) electrons. The van der Waals surface area contributed by atoms with Crippen molar-refractivity contribution >= 4 is 23.8 Å². The Balaban J connectivity index is 2.76. The number of nitrogens with one attached hydrogen (secondary N) is 1. The Hall–Kier alpha value is -1.26. The van der Waals surface area contributed by atoms with Crippen LogP contribution >= 0.6 is 23.8 Å². The summed E-state index contributed by atoms with van der Waals surface area (Å²) in [7, 11) is 1.64. The fourth-order valence-electron chi connectivity index (χ4n) is 2.00. The van der Waals surface area contributed by atoms with E-state index in [1.54, 1.807) is 13.2 Å². The second kappa shape index (κ2) is 5.02. The number of nitrogens with zero attached hydrogens (tertiary/aromatic N) is 1. The minimum Gasteiger partial charge on any atom is -0.495 e. The zero-order chi connectivity index (χ0) is 14.2. The molecule has 3 nitrogen and oxygen atoms in total. The summed E-state index contributed by atoms with van der Waals surface area (Å²) in [5.74, 6) is 0.741. The first kappa shape index (κ1) is 14.2. The van der Waals surface area contributed by atoms with Crippen LogP contribution in [0.15, 0.2) is 24.4 Å². The Bertz CT molecular complexity index is 652. The molecular weight excluding hydrogens is 280 g/mol. The van der Waals surface area contributed by atoms with Crippen LogP contribution in [-0.2, 0) is 5.41 Å². The van der Waals surface area contributed by atoms with Crippen molar-refractivity contribution in [2.24, 2.45) is 0 Å². The highest BCUT2D eigenvalue weighted by molar-refractivity contribution is 7.71. The first-order valence-corrected chi connectivity index (χ1v) is 6.78. The van der Waals surface area contributed by atoms with Crippen molar-refractivity contribution in [3.8, 4) is 11.4 Å². The maximum absolute atomic E-state index is 6.10. The molecule has 1 N–H and O–H groups in total. The topological polar surface area (TPSA) is 29.9 Å². The summed E-state index contributed by atoms with van der Waals surface area (Å²) in [5, 5.41) is 0.652. The highest BCUT2D eigenvalue weighted by Crippen LogP contribution is 2.31. The predicted molar refractivity (Wildman–Crippen MR) is 81.2 cm³/mol. The van der Waals surface area contributed by atoms with Crippen LogP contribution in [0.25, 0.3) is 5.69 Å². The normalized spacial score (nSPS) is 11.6. The number of halogens is 1. The SMILES string of the molecule is COc1ccc(Cl)cc1-n1c(C(C)(C)C)c[nH]c1=S. The quantitative estimate of drug-likeness (QED) is 0.827. The van der Waals surface area contributed by atoms with E-state index in [-0.39, 0.29) is 5.41 Å². The molecule has 0 amide bonds. The number of benzene rings is 1. The molecule has 0 aliphatic heterocycles. The lowest BCUT2D eigenvalue weighted by atomic mass is 9.92. The Labute approximate surface area is 123 Å². The molecule has 1 aromatic heterocycles. The third-order valence-corrected chi connectivity index (χ3v) is 3.46. The van der Waals surface area contributed by atoms with E-state index >= 15 is 0 Å². The lowest BCUT2D eigenvalue weighted by Crippen LogP contribution is -2.17. The number of hydrogen-bond acceptors (Lipinski definition) is 2. The number of rotatable bonds is 2. The molecular formula is C14H17ClN2OS. The van der Waals surface area contributed by atoms with Gasteiger partial charge >= 0.3 is 0 Å². The van der Waals surface area contributed by atoms with Crippen molar-refractivity contribution in [1.82, 2.24) is 9.55 Å². The number of hydrogen-bond donors (Lipinski definition) is 1. The molecule has 0 fully saturated rings. The molecule has 0 atom stereocenters. The number of methoxy groups -OCH3 is 1. The molecule has 5 heteroatoms. The monoisotopic (exact) mass is 296 g/mol. The smallest absolute Gasteiger partial charge is 0.182 e. The summed E-state index contributed by atoms with van der Waals surface area (Å²) in [5.41, 5.74) is 1.89. The van der Waals surface area contributed by atoms with Gasteiger partial charge in [-0.15, -0.1) is 0 Å². The standard InChI is InChI=1S/C14H17ClN2OS/c1-14(2,3)12-8-16-13(19)17(12)10-7-9(15)5-6-11(10)18-4/h5-8H,1-4H3,(H,16,19). The second-order valence-electron chi connectivity index (χ2n) is 5.38. The van der Waals surface area contributed by atoms with E-state index in [9.17, 15) is 0 Å². The summed E-state index contributed by atoms with van der Waals surface area (Å²) >= 11 is 11.5. The molecule has 0 aliphatic rings. The van der Waals surface area contributed by atoms with Crippen molar-refractivity contribution in [2.75, 3.05) is 7.11 Å². The summed E-state index contributed by atoms with van der Waals surface area (Å²) in [6.45, 7) is 6.41. The van der Waals surface area contributed by atoms with Gasteiger partial charge < -0.3 is 9.72 Å². The Morgan fingerprint density at radius 1 is 1.32 bits per heavy atom. The number of imidazole rings is 1.